The summed E-state index contributed by atoms with van der Waals surface area (Å²) in [5, 5.41) is 8.37. The third-order valence-electron chi connectivity index (χ3n) is 1.16. The monoisotopic (exact) mass is 189 g/mol. The molecule has 3 heteroatoms. The van der Waals surface area contributed by atoms with E-state index >= 15 is 0 Å². The van der Waals surface area contributed by atoms with Gasteiger partial charge in [0.2, 0.25) is 0 Å². The smallest absolute Gasteiger partial charge is 0.0616 e. The summed E-state index contributed by atoms with van der Waals surface area (Å²) in [6.45, 7) is 5.90. The van der Waals surface area contributed by atoms with Gasteiger partial charge in [0.1, 0.15) is 0 Å². The van der Waals surface area contributed by atoms with Crippen molar-refractivity contribution >= 4 is 29.4 Å². The molecule has 1 atom stereocenters. The molecule has 0 saturated carbocycles. The lowest BCUT2D eigenvalue weighted by Crippen LogP contribution is -1.99. The molecule has 0 saturated heterocycles. The van der Waals surface area contributed by atoms with E-state index in [1.165, 1.54) is 0 Å². The minimum absolute atomic E-state index is 0.421. The van der Waals surface area contributed by atoms with Crippen LogP contribution in [0.3, 0.4) is 0 Å². The summed E-state index contributed by atoms with van der Waals surface area (Å²) < 4.78 is 0. The second kappa shape index (κ2) is 5.72. The van der Waals surface area contributed by atoms with E-state index in [1.807, 2.05) is 13.8 Å². The average molecular weight is 189 g/mol. The van der Waals surface area contributed by atoms with Crippen molar-refractivity contribution in [1.82, 2.24) is 0 Å². The van der Waals surface area contributed by atoms with E-state index in [9.17, 15) is 0 Å². The van der Waals surface area contributed by atoms with E-state index in [0.717, 1.165) is 11.3 Å². The number of hydrogen-bond acceptors (Lipinski definition) is 3. The van der Waals surface area contributed by atoms with Crippen molar-refractivity contribution in [3.05, 3.63) is 11.0 Å². The molecule has 0 aromatic rings. The highest BCUT2D eigenvalue weighted by Crippen LogP contribution is 2.19. The standard InChI is InChI=1S/C8H15NS2/c1-4-8(5-6(2)10)11-7(3)9/h5,8-10H,4H2,1-3H3/b6-5+,9-7?. The molecule has 0 radical (unpaired) electrons. The van der Waals surface area contributed by atoms with Crippen molar-refractivity contribution in [2.45, 2.75) is 32.4 Å². The van der Waals surface area contributed by atoms with Crippen LogP contribution in [0.2, 0.25) is 0 Å². The minimum atomic E-state index is 0.421. The second-order valence-corrected chi connectivity index (χ2v) is 4.59. The van der Waals surface area contributed by atoms with Crippen LogP contribution < -0.4 is 0 Å². The fraction of sp³-hybridized carbons (Fsp3) is 0.625. The summed E-state index contributed by atoms with van der Waals surface area (Å²) in [7, 11) is 0. The fourth-order valence-corrected chi connectivity index (χ4v) is 1.91. The van der Waals surface area contributed by atoms with Gasteiger partial charge in [-0.05, 0) is 25.2 Å². The van der Waals surface area contributed by atoms with Crippen LogP contribution in [0.1, 0.15) is 27.2 Å². The molecule has 0 aromatic carbocycles. The molecule has 0 aliphatic rings. The predicted octanol–water partition coefficient (Wildman–Crippen LogP) is 3.33. The Morgan fingerprint density at radius 3 is 2.45 bits per heavy atom. The predicted molar refractivity (Wildman–Crippen MR) is 57.8 cm³/mol. The molecule has 0 aliphatic carbocycles. The van der Waals surface area contributed by atoms with Crippen molar-refractivity contribution in [3.8, 4) is 0 Å². The molecule has 0 amide bonds. The van der Waals surface area contributed by atoms with Crippen molar-refractivity contribution < 1.29 is 0 Å². The van der Waals surface area contributed by atoms with Crippen molar-refractivity contribution in [2.75, 3.05) is 0 Å². The first-order valence-corrected chi connectivity index (χ1v) is 4.98. The lowest BCUT2D eigenvalue weighted by Gasteiger charge is -2.08. The molecule has 0 aliphatic heterocycles. The van der Waals surface area contributed by atoms with E-state index in [0.29, 0.717) is 10.3 Å². The zero-order valence-corrected chi connectivity index (χ0v) is 8.93. The van der Waals surface area contributed by atoms with Crippen LogP contribution in [0, 0.1) is 5.41 Å². The lowest BCUT2D eigenvalue weighted by atomic mass is 10.3. The summed E-state index contributed by atoms with van der Waals surface area (Å²) >= 11 is 5.78. The van der Waals surface area contributed by atoms with E-state index in [2.05, 4.69) is 25.6 Å². The number of allylic oxidation sites excluding steroid dienone is 1. The van der Waals surface area contributed by atoms with E-state index < -0.39 is 0 Å². The van der Waals surface area contributed by atoms with Gasteiger partial charge in [-0.1, -0.05) is 13.0 Å². The summed E-state index contributed by atoms with van der Waals surface area (Å²) in [6.07, 6.45) is 3.14. The van der Waals surface area contributed by atoms with Crippen LogP contribution in [0.5, 0.6) is 0 Å². The van der Waals surface area contributed by atoms with Gasteiger partial charge in [0, 0.05) is 5.25 Å². The Labute approximate surface area is 78.6 Å². The van der Waals surface area contributed by atoms with E-state index in [4.69, 9.17) is 5.41 Å². The molecule has 0 rings (SSSR count). The van der Waals surface area contributed by atoms with Gasteiger partial charge in [-0.25, -0.2) is 0 Å². The molecule has 11 heavy (non-hydrogen) atoms. The molecule has 0 bridgehead atoms. The van der Waals surface area contributed by atoms with E-state index in [-0.39, 0.29) is 0 Å². The quantitative estimate of drug-likeness (QED) is 0.397. The molecule has 0 aromatic heterocycles. The first kappa shape index (κ1) is 11.1. The third kappa shape index (κ3) is 6.51. The van der Waals surface area contributed by atoms with Crippen molar-refractivity contribution in [3.63, 3.8) is 0 Å². The SMILES string of the molecule is CCC(/C=C(\C)S)SC(C)=N. The summed E-state index contributed by atoms with van der Waals surface area (Å²) in [5.41, 5.74) is 0. The number of rotatable bonds is 3. The maximum Gasteiger partial charge on any atom is 0.0616 e. The van der Waals surface area contributed by atoms with Gasteiger partial charge in [0.25, 0.3) is 0 Å². The summed E-state index contributed by atoms with van der Waals surface area (Å²) in [4.78, 5) is 1.03. The molecule has 1 nitrogen and oxygen atoms in total. The van der Waals surface area contributed by atoms with Crippen LogP contribution in [0.4, 0.5) is 0 Å². The molecule has 0 spiro atoms. The Kier molecular flexibility index (Phi) is 5.78. The van der Waals surface area contributed by atoms with Gasteiger partial charge < -0.3 is 0 Å². The highest BCUT2D eigenvalue weighted by molar-refractivity contribution is 8.14. The Morgan fingerprint density at radius 1 is 1.64 bits per heavy atom. The topological polar surface area (TPSA) is 23.9 Å². The number of hydrogen-bond donors (Lipinski definition) is 2. The third-order valence-corrected chi connectivity index (χ3v) is 2.43. The molecular formula is C8H15NS2. The molecule has 0 heterocycles. The van der Waals surface area contributed by atoms with E-state index in [1.54, 1.807) is 11.8 Å². The Morgan fingerprint density at radius 2 is 2.18 bits per heavy atom. The summed E-state index contributed by atoms with van der Waals surface area (Å²) in [6, 6.07) is 0. The maximum absolute atomic E-state index is 7.28. The van der Waals surface area contributed by atoms with Gasteiger partial charge in [-0.3, -0.25) is 5.41 Å². The van der Waals surface area contributed by atoms with Crippen LogP contribution >= 0.6 is 24.4 Å². The van der Waals surface area contributed by atoms with Crippen molar-refractivity contribution in [1.29, 1.82) is 5.41 Å². The number of nitrogens with one attached hydrogen (secondary N) is 1. The second-order valence-electron chi connectivity index (χ2n) is 2.43. The molecule has 64 valence electrons. The fourth-order valence-electron chi connectivity index (χ4n) is 0.731. The van der Waals surface area contributed by atoms with Crippen molar-refractivity contribution in [2.24, 2.45) is 0 Å². The number of thioether (sulfide) groups is 1. The summed E-state index contributed by atoms with van der Waals surface area (Å²) in [5.74, 6) is 0. The Bertz CT molecular complexity index is 159. The molecule has 1 unspecified atom stereocenters. The highest BCUT2D eigenvalue weighted by Gasteiger charge is 2.03. The first-order valence-electron chi connectivity index (χ1n) is 3.65. The molecular weight excluding hydrogens is 174 g/mol. The van der Waals surface area contributed by atoms with Crippen LogP contribution in [0.25, 0.3) is 0 Å². The van der Waals surface area contributed by atoms with Crippen LogP contribution in [-0.4, -0.2) is 10.3 Å². The number of thiol groups is 1. The molecule has 1 N–H and O–H groups in total. The average Bonchev–Trinajstić information content (AvgIpc) is 1.84. The largest absolute Gasteiger partial charge is 0.299 e. The zero-order valence-electron chi connectivity index (χ0n) is 7.22. The Balaban J connectivity index is 3.96. The molecule has 0 fully saturated rings. The minimum Gasteiger partial charge on any atom is -0.299 e. The van der Waals surface area contributed by atoms with Gasteiger partial charge >= 0.3 is 0 Å². The van der Waals surface area contributed by atoms with Gasteiger partial charge in [-0.15, -0.1) is 24.4 Å². The van der Waals surface area contributed by atoms with Gasteiger partial charge in [-0.2, -0.15) is 0 Å². The maximum atomic E-state index is 7.28. The van der Waals surface area contributed by atoms with Gasteiger partial charge in [0.05, 0.1) is 5.04 Å². The lowest BCUT2D eigenvalue weighted by molar-refractivity contribution is 0.978. The van der Waals surface area contributed by atoms with Gasteiger partial charge in [0.15, 0.2) is 0 Å². The Hall–Kier alpha value is 0.110. The highest BCUT2D eigenvalue weighted by atomic mass is 32.2. The van der Waals surface area contributed by atoms with Crippen LogP contribution in [0.15, 0.2) is 11.0 Å². The van der Waals surface area contributed by atoms with Crippen LogP contribution in [-0.2, 0) is 0 Å². The zero-order chi connectivity index (χ0) is 8.85. The first-order chi connectivity index (χ1) is 5.06. The normalized spacial score (nSPS) is 14.7.